The van der Waals surface area contributed by atoms with Gasteiger partial charge in [0.1, 0.15) is 30.5 Å². The van der Waals surface area contributed by atoms with E-state index in [9.17, 15) is 28.5 Å². The van der Waals surface area contributed by atoms with Crippen LogP contribution in [0.1, 0.15) is 129 Å². The molecule has 1 aliphatic rings. The predicted molar refractivity (Wildman–Crippen MR) is 184 cm³/mol. The number of ether oxygens (including phenoxy) is 4. The zero-order chi connectivity index (χ0) is 35.5. The predicted octanol–water partition coefficient (Wildman–Crippen LogP) is 5.73. The quantitative estimate of drug-likeness (QED) is 0.0309. The van der Waals surface area contributed by atoms with Crippen LogP contribution in [-0.2, 0) is 38.3 Å². The van der Waals surface area contributed by atoms with Gasteiger partial charge in [0.05, 0.1) is 19.8 Å². The summed E-state index contributed by atoms with van der Waals surface area (Å²) in [6.07, 6.45) is 18.1. The summed E-state index contributed by atoms with van der Waals surface area (Å²) in [6, 6.07) is 0. The van der Waals surface area contributed by atoms with Crippen LogP contribution in [0.5, 0.6) is 0 Å². The van der Waals surface area contributed by atoms with Crippen molar-refractivity contribution in [2.75, 3.05) is 26.4 Å². The third-order valence-electron chi connectivity index (χ3n) is 8.06. The lowest BCUT2D eigenvalue weighted by Gasteiger charge is -2.41. The summed E-state index contributed by atoms with van der Waals surface area (Å²) < 4.78 is 58.5. The first kappa shape index (κ1) is 44.6. The average Bonchev–Trinajstić information content (AvgIpc) is 3.05. The first-order valence-corrected chi connectivity index (χ1v) is 19.5. The van der Waals surface area contributed by atoms with Gasteiger partial charge in [-0.25, -0.2) is 4.18 Å². The molecule has 12 nitrogen and oxygen atoms in total. The number of unbranched alkanes of at least 4 members (excludes halogenated alkanes) is 13. The molecule has 1 aliphatic heterocycles. The van der Waals surface area contributed by atoms with E-state index in [1.165, 1.54) is 38.5 Å². The summed E-state index contributed by atoms with van der Waals surface area (Å²) in [5.74, 6) is -0.417. The summed E-state index contributed by atoms with van der Waals surface area (Å²) in [5, 5.41) is 30.4. The molecule has 0 aromatic rings. The summed E-state index contributed by atoms with van der Waals surface area (Å²) in [6.45, 7) is 3.84. The van der Waals surface area contributed by atoms with E-state index in [0.717, 1.165) is 64.2 Å². The molecule has 6 unspecified atom stereocenters. The Kier molecular flexibility index (Phi) is 26.3. The van der Waals surface area contributed by atoms with Gasteiger partial charge in [-0.2, -0.15) is 8.42 Å². The number of hydrogen-bond acceptors (Lipinski definition) is 11. The Balaban J connectivity index is 2.54. The topological polar surface area (TPSA) is 178 Å². The minimum atomic E-state index is -5.05. The van der Waals surface area contributed by atoms with Gasteiger partial charge in [-0.1, -0.05) is 109 Å². The van der Waals surface area contributed by atoms with E-state index in [1.54, 1.807) is 0 Å². The molecule has 6 atom stereocenters. The van der Waals surface area contributed by atoms with Crippen molar-refractivity contribution in [1.29, 1.82) is 0 Å². The van der Waals surface area contributed by atoms with Crippen LogP contribution < -0.4 is 0 Å². The second kappa shape index (κ2) is 28.3. The second-order valence-electron chi connectivity index (χ2n) is 12.5. The maximum absolute atomic E-state index is 12.7. The molecule has 0 aliphatic carbocycles. The minimum Gasteiger partial charge on any atom is -0.457 e. The second-order valence-corrected chi connectivity index (χ2v) is 13.5. The molecule has 0 aromatic heterocycles. The van der Waals surface area contributed by atoms with Crippen molar-refractivity contribution in [3.63, 3.8) is 0 Å². The van der Waals surface area contributed by atoms with Crippen molar-refractivity contribution >= 4 is 16.4 Å². The molecule has 0 spiro atoms. The lowest BCUT2D eigenvalue weighted by atomic mass is 9.99. The molecule has 4 N–H and O–H groups in total. The van der Waals surface area contributed by atoms with Crippen LogP contribution >= 0.6 is 0 Å². The molecule has 0 bridgehead atoms. The number of aliphatic hydroxyl groups is 3. The molecule has 1 heterocycles. The van der Waals surface area contributed by atoms with Crippen LogP contribution in [0.3, 0.4) is 0 Å². The van der Waals surface area contributed by atoms with Crippen LogP contribution in [0.2, 0.25) is 0 Å². The Hall–Kier alpha value is -1.42. The van der Waals surface area contributed by atoms with Crippen molar-refractivity contribution in [3.05, 3.63) is 24.3 Å². The van der Waals surface area contributed by atoms with E-state index in [4.69, 9.17) is 23.5 Å². The highest BCUT2D eigenvalue weighted by Gasteiger charge is 2.48. The Labute approximate surface area is 289 Å². The SMILES string of the molecule is CCC/C=C\C/C=C\CCCCCCCC(=O)OC(COCCCCCCCCCC)COC1OC(CO)C(O)C(OS(=O)(=O)O)C1O. The zero-order valence-electron chi connectivity index (χ0n) is 29.3. The van der Waals surface area contributed by atoms with Gasteiger partial charge in [-0.05, 0) is 38.5 Å². The van der Waals surface area contributed by atoms with E-state index >= 15 is 0 Å². The van der Waals surface area contributed by atoms with Crippen molar-refractivity contribution in [3.8, 4) is 0 Å². The highest BCUT2D eigenvalue weighted by atomic mass is 32.3. The number of carbonyl (C=O) groups excluding carboxylic acids is 1. The molecule has 48 heavy (non-hydrogen) atoms. The highest BCUT2D eigenvalue weighted by molar-refractivity contribution is 7.80. The van der Waals surface area contributed by atoms with Crippen LogP contribution in [0.4, 0.5) is 0 Å². The van der Waals surface area contributed by atoms with Gasteiger partial charge in [0.2, 0.25) is 0 Å². The third-order valence-corrected chi connectivity index (χ3v) is 8.52. The van der Waals surface area contributed by atoms with Gasteiger partial charge in [0.15, 0.2) is 6.29 Å². The first-order valence-electron chi connectivity index (χ1n) is 18.1. The Morgan fingerprint density at radius 2 is 1.42 bits per heavy atom. The monoisotopic (exact) mass is 708 g/mol. The fourth-order valence-corrected chi connectivity index (χ4v) is 5.80. The summed E-state index contributed by atoms with van der Waals surface area (Å²) in [7, 11) is -5.05. The maximum atomic E-state index is 12.7. The van der Waals surface area contributed by atoms with Crippen molar-refractivity contribution in [2.24, 2.45) is 0 Å². The van der Waals surface area contributed by atoms with Crippen molar-refractivity contribution in [1.82, 2.24) is 0 Å². The number of aliphatic hydroxyl groups excluding tert-OH is 3. The number of hydrogen-bond donors (Lipinski definition) is 4. The molecule has 282 valence electrons. The zero-order valence-corrected chi connectivity index (χ0v) is 30.1. The number of carbonyl (C=O) groups is 1. The van der Waals surface area contributed by atoms with Gasteiger partial charge in [0.25, 0.3) is 0 Å². The molecular formula is C35H64O12S. The molecule has 0 aromatic carbocycles. The Bertz CT molecular complexity index is 957. The number of rotatable bonds is 30. The molecule has 1 saturated heterocycles. The van der Waals surface area contributed by atoms with Crippen LogP contribution in [0.15, 0.2) is 24.3 Å². The molecule has 0 radical (unpaired) electrons. The Morgan fingerprint density at radius 1 is 0.792 bits per heavy atom. The van der Waals surface area contributed by atoms with Crippen molar-refractivity contribution in [2.45, 2.75) is 166 Å². The minimum absolute atomic E-state index is 0.0317. The van der Waals surface area contributed by atoms with Crippen LogP contribution in [0, 0.1) is 0 Å². The molecule has 1 fully saturated rings. The molecule has 13 heteroatoms. The third kappa shape index (κ3) is 22.3. The van der Waals surface area contributed by atoms with E-state index in [2.05, 4.69) is 42.3 Å². The van der Waals surface area contributed by atoms with Gasteiger partial charge in [-0.15, -0.1) is 0 Å². The van der Waals surface area contributed by atoms with Crippen molar-refractivity contribution < 1.29 is 56.2 Å². The van der Waals surface area contributed by atoms with Crippen LogP contribution in [0.25, 0.3) is 0 Å². The van der Waals surface area contributed by atoms with Gasteiger partial charge in [0, 0.05) is 13.0 Å². The van der Waals surface area contributed by atoms with E-state index in [0.29, 0.717) is 13.0 Å². The number of allylic oxidation sites excluding steroid dienone is 4. The fraction of sp³-hybridized carbons (Fsp3) is 0.857. The van der Waals surface area contributed by atoms with E-state index < -0.39 is 59.8 Å². The highest BCUT2D eigenvalue weighted by Crippen LogP contribution is 2.26. The standard InChI is InChI=1S/C35H64O12S/c1-3-5-7-9-11-13-14-15-16-17-18-20-22-24-31(37)45-29(27-43-25-23-21-19-12-10-8-6-4-2)28-44-35-33(39)34(47-48(40,41)42)32(38)30(26-36)46-35/h7,9,13-14,29-30,32-36,38-39H,3-6,8,10-12,15-28H2,1-2H3,(H,40,41,42)/b9-7-,14-13-. The molecule has 0 saturated carbocycles. The normalized spacial score (nSPS) is 22.5. The smallest absolute Gasteiger partial charge is 0.397 e. The van der Waals surface area contributed by atoms with Gasteiger partial charge >= 0.3 is 16.4 Å². The average molecular weight is 709 g/mol. The molecular weight excluding hydrogens is 644 g/mol. The fourth-order valence-electron chi connectivity index (χ4n) is 5.30. The van der Waals surface area contributed by atoms with E-state index in [-0.39, 0.29) is 19.6 Å². The van der Waals surface area contributed by atoms with E-state index in [1.807, 2.05) is 0 Å². The maximum Gasteiger partial charge on any atom is 0.397 e. The number of esters is 1. The lowest BCUT2D eigenvalue weighted by molar-refractivity contribution is -0.301. The molecule has 0 amide bonds. The summed E-state index contributed by atoms with van der Waals surface area (Å²) in [4.78, 5) is 12.7. The first-order chi connectivity index (χ1) is 23.1. The lowest BCUT2D eigenvalue weighted by Crippen LogP contribution is -2.60. The Morgan fingerprint density at radius 3 is 2.06 bits per heavy atom. The van der Waals surface area contributed by atoms with Gasteiger partial charge in [-0.3, -0.25) is 9.35 Å². The molecule has 1 rings (SSSR count). The van der Waals surface area contributed by atoms with Gasteiger partial charge < -0.3 is 34.3 Å². The summed E-state index contributed by atoms with van der Waals surface area (Å²) >= 11 is 0. The summed E-state index contributed by atoms with van der Waals surface area (Å²) in [5.41, 5.74) is 0. The van der Waals surface area contributed by atoms with Crippen LogP contribution in [-0.4, -0.2) is 97.5 Å². The largest absolute Gasteiger partial charge is 0.457 e.